The van der Waals surface area contributed by atoms with Crippen LogP contribution in [0.25, 0.3) is 0 Å². The molecular weight excluding hydrogens is 216 g/mol. The molecular formula is C10H15F2N3O. The Balaban J connectivity index is 2.27. The normalized spacial score (nSPS) is 10.8. The van der Waals surface area contributed by atoms with Crippen molar-refractivity contribution in [2.24, 2.45) is 0 Å². The zero-order valence-corrected chi connectivity index (χ0v) is 9.04. The van der Waals surface area contributed by atoms with Crippen LogP contribution in [0.3, 0.4) is 0 Å². The van der Waals surface area contributed by atoms with Crippen LogP contribution >= 0.6 is 0 Å². The van der Waals surface area contributed by atoms with Crippen LogP contribution in [0.2, 0.25) is 0 Å². The third-order valence-electron chi connectivity index (χ3n) is 1.84. The van der Waals surface area contributed by atoms with Crippen molar-refractivity contribution in [2.45, 2.75) is 13.3 Å². The van der Waals surface area contributed by atoms with Gasteiger partial charge in [-0.15, -0.1) is 0 Å². The molecule has 3 N–H and O–H groups in total. The predicted octanol–water partition coefficient (Wildman–Crippen LogP) is 1.67. The van der Waals surface area contributed by atoms with Gasteiger partial charge in [0, 0.05) is 12.7 Å². The number of pyridine rings is 1. The van der Waals surface area contributed by atoms with Crippen LogP contribution < -0.4 is 11.1 Å². The van der Waals surface area contributed by atoms with Crippen LogP contribution in [0.1, 0.15) is 5.56 Å². The van der Waals surface area contributed by atoms with E-state index in [9.17, 15) is 8.78 Å². The number of aryl methyl sites for hydroxylation is 1. The van der Waals surface area contributed by atoms with Crippen molar-refractivity contribution >= 4 is 11.5 Å². The van der Waals surface area contributed by atoms with Crippen LogP contribution in [-0.4, -0.2) is 31.2 Å². The molecule has 0 saturated carbocycles. The second-order valence-corrected chi connectivity index (χ2v) is 3.34. The highest BCUT2D eigenvalue weighted by atomic mass is 19.3. The molecule has 1 heterocycles. The van der Waals surface area contributed by atoms with Gasteiger partial charge in [-0.05, 0) is 18.6 Å². The van der Waals surface area contributed by atoms with E-state index in [2.05, 4.69) is 10.3 Å². The van der Waals surface area contributed by atoms with Crippen molar-refractivity contribution in [3.63, 3.8) is 0 Å². The highest BCUT2D eigenvalue weighted by Gasteiger charge is 2.02. The summed E-state index contributed by atoms with van der Waals surface area (Å²) in [6.45, 7) is 1.93. The molecule has 1 aromatic heterocycles. The fraction of sp³-hybridized carbons (Fsp3) is 0.500. The van der Waals surface area contributed by atoms with Gasteiger partial charge < -0.3 is 15.8 Å². The van der Waals surface area contributed by atoms with Crippen LogP contribution in [0.4, 0.5) is 20.3 Å². The average molecular weight is 231 g/mol. The smallest absolute Gasteiger partial charge is 0.261 e. The molecule has 0 amide bonds. The Labute approximate surface area is 92.8 Å². The number of aromatic nitrogens is 1. The molecule has 0 spiro atoms. The number of halogens is 2. The molecule has 16 heavy (non-hydrogen) atoms. The van der Waals surface area contributed by atoms with Crippen LogP contribution in [-0.2, 0) is 4.74 Å². The molecule has 0 aromatic carbocycles. The lowest BCUT2D eigenvalue weighted by Gasteiger charge is -2.08. The van der Waals surface area contributed by atoms with Gasteiger partial charge in [-0.3, -0.25) is 0 Å². The van der Waals surface area contributed by atoms with E-state index in [1.165, 1.54) is 0 Å². The van der Waals surface area contributed by atoms with E-state index in [0.717, 1.165) is 5.56 Å². The minimum Gasteiger partial charge on any atom is -0.396 e. The van der Waals surface area contributed by atoms with Crippen molar-refractivity contribution in [3.8, 4) is 0 Å². The van der Waals surface area contributed by atoms with Crippen LogP contribution in [0.15, 0.2) is 12.3 Å². The monoisotopic (exact) mass is 231 g/mol. The van der Waals surface area contributed by atoms with E-state index in [0.29, 0.717) is 18.1 Å². The SMILES string of the molecule is Cc1cnc(NCCOCC(F)F)c(N)c1. The lowest BCUT2D eigenvalue weighted by Crippen LogP contribution is -2.14. The second-order valence-electron chi connectivity index (χ2n) is 3.34. The summed E-state index contributed by atoms with van der Waals surface area (Å²) in [5.74, 6) is 0.547. The number of hydrogen-bond donors (Lipinski definition) is 2. The van der Waals surface area contributed by atoms with Crippen LogP contribution in [0, 0.1) is 6.92 Å². The zero-order valence-electron chi connectivity index (χ0n) is 9.04. The molecule has 0 fully saturated rings. The van der Waals surface area contributed by atoms with E-state index in [1.54, 1.807) is 12.3 Å². The Morgan fingerprint density at radius 2 is 2.31 bits per heavy atom. The molecule has 1 rings (SSSR count). The summed E-state index contributed by atoms with van der Waals surface area (Å²) in [6.07, 6.45) is -0.749. The summed E-state index contributed by atoms with van der Waals surface area (Å²) in [6, 6.07) is 1.79. The molecule has 0 aliphatic rings. The van der Waals surface area contributed by atoms with Gasteiger partial charge in [-0.25, -0.2) is 13.8 Å². The number of nitrogens with two attached hydrogens (primary N) is 1. The molecule has 0 unspecified atom stereocenters. The predicted molar refractivity (Wildman–Crippen MR) is 58.7 cm³/mol. The zero-order chi connectivity index (χ0) is 12.0. The first kappa shape index (κ1) is 12.6. The Morgan fingerprint density at radius 1 is 1.56 bits per heavy atom. The number of ether oxygens (including phenoxy) is 1. The van der Waals surface area contributed by atoms with Gasteiger partial charge in [0.25, 0.3) is 6.43 Å². The minimum atomic E-state index is -2.43. The molecule has 90 valence electrons. The highest BCUT2D eigenvalue weighted by Crippen LogP contribution is 2.15. The summed E-state index contributed by atoms with van der Waals surface area (Å²) in [5, 5.41) is 2.91. The number of hydrogen-bond acceptors (Lipinski definition) is 4. The van der Waals surface area contributed by atoms with Gasteiger partial charge in [0.1, 0.15) is 12.4 Å². The van der Waals surface area contributed by atoms with Crippen LogP contribution in [0.5, 0.6) is 0 Å². The Bertz CT molecular complexity index is 334. The van der Waals surface area contributed by atoms with E-state index in [1.807, 2.05) is 6.92 Å². The van der Waals surface area contributed by atoms with E-state index in [-0.39, 0.29) is 6.61 Å². The lowest BCUT2D eigenvalue weighted by molar-refractivity contribution is 0.0215. The molecule has 0 aliphatic heterocycles. The molecule has 0 radical (unpaired) electrons. The van der Waals surface area contributed by atoms with E-state index < -0.39 is 13.0 Å². The fourth-order valence-electron chi connectivity index (χ4n) is 1.15. The molecule has 6 heteroatoms. The van der Waals surface area contributed by atoms with Gasteiger partial charge in [0.15, 0.2) is 0 Å². The minimum absolute atomic E-state index is 0.194. The first-order chi connectivity index (χ1) is 7.59. The second kappa shape index (κ2) is 6.22. The van der Waals surface area contributed by atoms with Crippen molar-refractivity contribution in [1.29, 1.82) is 0 Å². The largest absolute Gasteiger partial charge is 0.396 e. The molecule has 4 nitrogen and oxygen atoms in total. The highest BCUT2D eigenvalue weighted by molar-refractivity contribution is 5.61. The average Bonchev–Trinajstić information content (AvgIpc) is 2.20. The number of nitrogens with zero attached hydrogens (tertiary/aromatic N) is 1. The number of nitrogens with one attached hydrogen (secondary N) is 1. The van der Waals surface area contributed by atoms with Gasteiger partial charge in [-0.1, -0.05) is 0 Å². The van der Waals surface area contributed by atoms with E-state index in [4.69, 9.17) is 10.5 Å². The summed E-state index contributed by atoms with van der Waals surface area (Å²) >= 11 is 0. The maximum Gasteiger partial charge on any atom is 0.261 e. The lowest BCUT2D eigenvalue weighted by atomic mass is 10.3. The third kappa shape index (κ3) is 4.39. The van der Waals surface area contributed by atoms with E-state index >= 15 is 0 Å². The fourth-order valence-corrected chi connectivity index (χ4v) is 1.15. The van der Waals surface area contributed by atoms with Crippen molar-refractivity contribution < 1.29 is 13.5 Å². The Kier molecular flexibility index (Phi) is 4.91. The standard InChI is InChI=1S/C10H15F2N3O/c1-7-4-8(13)10(15-5-7)14-2-3-16-6-9(11)12/h4-5,9H,2-3,6,13H2,1H3,(H,14,15). The topological polar surface area (TPSA) is 60.2 Å². The molecule has 0 atom stereocenters. The summed E-state index contributed by atoms with van der Waals surface area (Å²) in [4.78, 5) is 4.07. The Hall–Kier alpha value is -1.43. The maximum atomic E-state index is 11.7. The summed E-state index contributed by atoms with van der Waals surface area (Å²) in [5.41, 5.74) is 7.20. The van der Waals surface area contributed by atoms with Crippen molar-refractivity contribution in [3.05, 3.63) is 17.8 Å². The Morgan fingerprint density at radius 3 is 2.94 bits per heavy atom. The molecule has 0 saturated heterocycles. The summed E-state index contributed by atoms with van der Waals surface area (Å²) < 4.78 is 28.1. The maximum absolute atomic E-state index is 11.7. The molecule has 0 aliphatic carbocycles. The van der Waals surface area contributed by atoms with Crippen molar-refractivity contribution in [1.82, 2.24) is 4.98 Å². The first-order valence-electron chi connectivity index (χ1n) is 4.91. The number of anilines is 2. The third-order valence-corrected chi connectivity index (χ3v) is 1.84. The van der Waals surface area contributed by atoms with Gasteiger partial charge in [0.05, 0.1) is 12.3 Å². The quantitative estimate of drug-likeness (QED) is 0.731. The molecule has 0 bridgehead atoms. The number of nitrogen functional groups attached to an aromatic ring is 1. The van der Waals surface area contributed by atoms with Crippen molar-refractivity contribution in [2.75, 3.05) is 30.8 Å². The molecule has 1 aromatic rings. The summed E-state index contributed by atoms with van der Waals surface area (Å²) in [7, 11) is 0. The number of alkyl halides is 2. The number of rotatable bonds is 6. The van der Waals surface area contributed by atoms with Gasteiger partial charge in [0.2, 0.25) is 0 Å². The van der Waals surface area contributed by atoms with Gasteiger partial charge >= 0.3 is 0 Å². The van der Waals surface area contributed by atoms with Gasteiger partial charge in [-0.2, -0.15) is 0 Å². The first-order valence-corrected chi connectivity index (χ1v) is 4.91.